The van der Waals surface area contributed by atoms with Gasteiger partial charge in [0.2, 0.25) is 5.91 Å². The predicted octanol–water partition coefficient (Wildman–Crippen LogP) is 3.17. The molecule has 0 saturated carbocycles. The summed E-state index contributed by atoms with van der Waals surface area (Å²) in [4.78, 5) is 55.6. The number of hydrogen-bond acceptors (Lipinski definition) is 7. The van der Waals surface area contributed by atoms with Crippen LogP contribution < -0.4 is 16.0 Å². The Morgan fingerprint density at radius 1 is 0.894 bits per heavy atom. The fourth-order valence-corrected chi connectivity index (χ4v) is 7.65. The number of piperidine rings is 2. The zero-order valence-electron chi connectivity index (χ0n) is 27.0. The molecule has 4 aliphatic heterocycles. The van der Waals surface area contributed by atoms with E-state index in [4.69, 9.17) is 4.84 Å². The van der Waals surface area contributed by atoms with Crippen LogP contribution in [0.4, 0.5) is 15.3 Å². The van der Waals surface area contributed by atoms with E-state index in [9.17, 15) is 14.4 Å². The van der Waals surface area contributed by atoms with Crippen molar-refractivity contribution < 1.29 is 19.2 Å². The Kier molecular flexibility index (Phi) is 9.59. The number of anilines is 1. The van der Waals surface area contributed by atoms with E-state index >= 15 is 0 Å². The number of aromatic amines is 1. The minimum Gasteiger partial charge on any atom is -0.361 e. The molecule has 4 N–H and O–H groups in total. The van der Waals surface area contributed by atoms with Gasteiger partial charge in [-0.3, -0.25) is 9.69 Å². The maximum Gasteiger partial charge on any atom is 0.426 e. The van der Waals surface area contributed by atoms with Gasteiger partial charge in [-0.15, -0.1) is 5.06 Å². The minimum absolute atomic E-state index is 0.0639. The smallest absolute Gasteiger partial charge is 0.361 e. The first kappa shape index (κ1) is 31.5. The quantitative estimate of drug-likeness (QED) is 0.312. The third kappa shape index (κ3) is 7.39. The Labute approximate surface area is 275 Å². The molecule has 1 unspecified atom stereocenters. The molecule has 1 aromatic heterocycles. The molecular weight excluding hydrogens is 596 g/mol. The molecule has 0 spiro atoms. The van der Waals surface area contributed by atoms with Gasteiger partial charge in [0.15, 0.2) is 0 Å². The molecule has 3 fully saturated rings. The number of rotatable bonds is 7. The first-order chi connectivity index (χ1) is 23.0. The molecule has 0 aliphatic carbocycles. The summed E-state index contributed by atoms with van der Waals surface area (Å²) in [5.41, 5.74) is 4.02. The monoisotopic (exact) mass is 642 g/mol. The van der Waals surface area contributed by atoms with Gasteiger partial charge in [-0.1, -0.05) is 24.3 Å². The fourth-order valence-electron chi connectivity index (χ4n) is 7.65. The average molecular weight is 643 g/mol. The molecule has 47 heavy (non-hydrogen) atoms. The Bertz CT molecular complexity index is 1560. The van der Waals surface area contributed by atoms with Crippen LogP contribution in [0.3, 0.4) is 0 Å². The second-order valence-electron chi connectivity index (χ2n) is 13.2. The number of nitrogens with zero attached hydrogens (tertiary/aromatic N) is 4. The van der Waals surface area contributed by atoms with Gasteiger partial charge in [-0.25, -0.2) is 9.59 Å². The first-order valence-electron chi connectivity index (χ1n) is 17.2. The number of nitrogens with one attached hydrogen (secondary N) is 4. The Morgan fingerprint density at radius 2 is 1.66 bits per heavy atom. The SMILES string of the molecule is O=C(NC(Cc1ccc2[nH]ccc2c1)C(=O)N1CCC(N2CCNCC2)CC1)ON1CCC(N2CCc3ccccc3NC2=O)CC1. The van der Waals surface area contributed by atoms with Crippen LogP contribution >= 0.6 is 0 Å². The third-order valence-electron chi connectivity index (χ3n) is 10.3. The number of amides is 4. The Hall–Kier alpha value is -4.13. The highest BCUT2D eigenvalue weighted by Gasteiger charge is 2.34. The van der Waals surface area contributed by atoms with E-state index in [0.717, 1.165) is 73.2 Å². The molecule has 12 nitrogen and oxygen atoms in total. The number of hydroxylamine groups is 2. The number of urea groups is 1. The summed E-state index contributed by atoms with van der Waals surface area (Å²) >= 11 is 0. The van der Waals surface area contributed by atoms with Crippen molar-refractivity contribution in [1.29, 1.82) is 0 Å². The van der Waals surface area contributed by atoms with Crippen molar-refractivity contribution in [3.05, 3.63) is 65.9 Å². The van der Waals surface area contributed by atoms with Crippen molar-refractivity contribution in [2.75, 3.05) is 64.2 Å². The van der Waals surface area contributed by atoms with E-state index < -0.39 is 12.1 Å². The number of carbonyl (C=O) groups is 3. The van der Waals surface area contributed by atoms with E-state index in [-0.39, 0.29) is 18.0 Å². The molecular formula is C35H46N8O4. The van der Waals surface area contributed by atoms with Crippen LogP contribution in [0, 0.1) is 0 Å². The largest absolute Gasteiger partial charge is 0.426 e. The van der Waals surface area contributed by atoms with Gasteiger partial charge in [-0.2, -0.15) is 0 Å². The second kappa shape index (κ2) is 14.3. The highest BCUT2D eigenvalue weighted by Crippen LogP contribution is 2.25. The van der Waals surface area contributed by atoms with E-state index in [0.29, 0.717) is 58.0 Å². The summed E-state index contributed by atoms with van der Waals surface area (Å²) in [7, 11) is 0. The van der Waals surface area contributed by atoms with E-state index in [2.05, 4.69) is 38.0 Å². The summed E-state index contributed by atoms with van der Waals surface area (Å²) in [5, 5.41) is 12.1. The van der Waals surface area contributed by atoms with Gasteiger partial charge in [0.05, 0.1) is 0 Å². The number of likely N-dealkylation sites (tertiary alicyclic amines) is 1. The minimum atomic E-state index is -0.741. The Balaban J connectivity index is 0.953. The molecule has 3 aromatic rings. The number of aromatic nitrogens is 1. The lowest BCUT2D eigenvalue weighted by atomic mass is 9.99. The number of fused-ring (bicyclic) bond motifs is 2. The van der Waals surface area contributed by atoms with Crippen molar-refractivity contribution in [1.82, 2.24) is 35.4 Å². The van der Waals surface area contributed by atoms with Crippen LogP contribution in [0.25, 0.3) is 10.9 Å². The van der Waals surface area contributed by atoms with Gasteiger partial charge in [0, 0.05) is 94.8 Å². The molecule has 0 radical (unpaired) electrons. The molecule has 250 valence electrons. The normalized spacial score (nSPS) is 21.1. The van der Waals surface area contributed by atoms with E-state index in [1.165, 1.54) is 0 Å². The maximum atomic E-state index is 14.0. The molecule has 0 bridgehead atoms. The number of para-hydroxylation sites is 1. The Morgan fingerprint density at radius 3 is 2.47 bits per heavy atom. The maximum absolute atomic E-state index is 14.0. The van der Waals surface area contributed by atoms with Crippen LogP contribution in [0.5, 0.6) is 0 Å². The van der Waals surface area contributed by atoms with Crippen molar-refractivity contribution in [3.8, 4) is 0 Å². The summed E-state index contributed by atoms with van der Waals surface area (Å²) in [6.45, 7) is 7.16. The van der Waals surface area contributed by atoms with Gasteiger partial charge >= 0.3 is 12.1 Å². The summed E-state index contributed by atoms with van der Waals surface area (Å²) in [6.07, 6.45) is 5.72. The van der Waals surface area contributed by atoms with Gasteiger partial charge in [-0.05, 0) is 72.9 Å². The summed E-state index contributed by atoms with van der Waals surface area (Å²) in [6, 6.07) is 15.8. The van der Waals surface area contributed by atoms with Crippen molar-refractivity contribution in [3.63, 3.8) is 0 Å². The highest BCUT2D eigenvalue weighted by molar-refractivity contribution is 5.91. The third-order valence-corrected chi connectivity index (χ3v) is 10.3. The lowest BCUT2D eigenvalue weighted by Crippen LogP contribution is -2.56. The molecule has 7 rings (SSSR count). The predicted molar refractivity (Wildman–Crippen MR) is 180 cm³/mol. The number of hydrogen-bond donors (Lipinski definition) is 4. The zero-order valence-corrected chi connectivity index (χ0v) is 27.0. The van der Waals surface area contributed by atoms with Gasteiger partial charge in [0.1, 0.15) is 6.04 Å². The number of H-pyrrole nitrogens is 1. The van der Waals surface area contributed by atoms with Crippen molar-refractivity contribution in [2.45, 2.75) is 56.7 Å². The number of piperazine rings is 1. The fraction of sp³-hybridized carbons (Fsp3) is 0.514. The highest BCUT2D eigenvalue weighted by atomic mass is 16.7. The van der Waals surface area contributed by atoms with Crippen LogP contribution in [0.15, 0.2) is 54.7 Å². The van der Waals surface area contributed by atoms with Crippen LogP contribution in [0.1, 0.15) is 36.8 Å². The lowest BCUT2D eigenvalue weighted by molar-refractivity contribution is -0.137. The second-order valence-corrected chi connectivity index (χ2v) is 13.2. The average Bonchev–Trinajstić information content (AvgIpc) is 3.50. The summed E-state index contributed by atoms with van der Waals surface area (Å²) in [5.74, 6) is -0.0678. The first-order valence-corrected chi connectivity index (χ1v) is 17.2. The molecule has 4 amide bonds. The molecule has 4 aliphatic rings. The summed E-state index contributed by atoms with van der Waals surface area (Å²) < 4.78 is 0. The van der Waals surface area contributed by atoms with Crippen LogP contribution in [-0.2, 0) is 22.5 Å². The van der Waals surface area contributed by atoms with Crippen LogP contribution in [0.2, 0.25) is 0 Å². The number of carbonyl (C=O) groups excluding carboxylic acids is 3. The standard InChI is InChI=1S/C35H46N8O4/c44-33(41-16-9-28(10-17-41)40-21-14-36-15-22-40)32(24-25-5-6-30-27(23-25)7-13-37-30)39-35(46)47-42-18-11-29(12-19-42)43-20-8-26-3-1-2-4-31(26)38-34(43)45/h1-7,13,23,28-29,32,36-37H,8-12,14-22,24H2,(H,38,45)(H,39,46). The lowest BCUT2D eigenvalue weighted by Gasteiger charge is -2.41. The van der Waals surface area contributed by atoms with Crippen molar-refractivity contribution in [2.24, 2.45) is 0 Å². The molecule has 3 saturated heterocycles. The topological polar surface area (TPSA) is 125 Å². The van der Waals surface area contributed by atoms with Gasteiger partial charge < -0.3 is 35.6 Å². The number of benzene rings is 2. The van der Waals surface area contributed by atoms with E-state index in [1.54, 1.807) is 5.06 Å². The van der Waals surface area contributed by atoms with Gasteiger partial charge in [0.25, 0.3) is 0 Å². The zero-order chi connectivity index (χ0) is 32.2. The van der Waals surface area contributed by atoms with Crippen LogP contribution in [-0.4, -0.2) is 120 Å². The molecule has 12 heteroatoms. The molecule has 1 atom stereocenters. The molecule has 5 heterocycles. The van der Waals surface area contributed by atoms with Crippen molar-refractivity contribution >= 4 is 34.6 Å². The van der Waals surface area contributed by atoms with E-state index in [1.807, 2.05) is 52.4 Å². The molecule has 2 aromatic carbocycles.